The van der Waals surface area contributed by atoms with E-state index in [9.17, 15) is 4.79 Å². The number of halogens is 3. The fourth-order valence-electron chi connectivity index (χ4n) is 2.43. The smallest absolute Gasteiger partial charge is 0.270 e. The molecular weight excluding hydrogens is 489 g/mol. The molecule has 140 valence electrons. The van der Waals surface area contributed by atoms with Crippen molar-refractivity contribution in [3.63, 3.8) is 0 Å². The predicted octanol–water partition coefficient (Wildman–Crippen LogP) is 6.95. The molecule has 2 aromatic rings. The van der Waals surface area contributed by atoms with Crippen LogP contribution in [0, 0.1) is 0 Å². The maximum Gasteiger partial charge on any atom is 0.270 e. The van der Waals surface area contributed by atoms with E-state index in [-0.39, 0.29) is 5.91 Å². The van der Waals surface area contributed by atoms with Crippen LogP contribution in [-0.2, 0) is 4.79 Å². The molecule has 3 rings (SSSR count). The first-order valence-corrected chi connectivity index (χ1v) is 10.8. The molecule has 1 aliphatic heterocycles. The molecule has 27 heavy (non-hydrogen) atoms. The van der Waals surface area contributed by atoms with Gasteiger partial charge < -0.3 is 4.74 Å². The molecule has 0 saturated carbocycles. The third-order valence-corrected chi connectivity index (χ3v) is 6.12. The van der Waals surface area contributed by atoms with Gasteiger partial charge in [-0.1, -0.05) is 60.2 Å². The highest BCUT2D eigenvalue weighted by Crippen LogP contribution is 2.40. The lowest BCUT2D eigenvalue weighted by Crippen LogP contribution is -2.27. The molecule has 0 atom stereocenters. The number of hydrogen-bond donors (Lipinski definition) is 0. The summed E-state index contributed by atoms with van der Waals surface area (Å²) in [5, 5.41) is 0.875. The van der Waals surface area contributed by atoms with Gasteiger partial charge in [-0.05, 0) is 64.3 Å². The minimum Gasteiger partial charge on any atom is -0.492 e. The fraction of sp³-hybridized carbons (Fsp3) is 0.158. The summed E-state index contributed by atoms with van der Waals surface area (Å²) < 4.78 is 6.92. The summed E-state index contributed by atoms with van der Waals surface area (Å²) in [6, 6.07) is 10.6. The van der Waals surface area contributed by atoms with E-state index in [1.165, 1.54) is 16.7 Å². The van der Waals surface area contributed by atoms with Crippen molar-refractivity contribution in [1.82, 2.24) is 0 Å². The van der Waals surface area contributed by atoms with E-state index >= 15 is 0 Å². The number of hydrogen-bond acceptors (Lipinski definition) is 4. The zero-order chi connectivity index (χ0) is 19.6. The number of amides is 1. The number of carbonyl (C=O) groups is 1. The highest BCUT2D eigenvalue weighted by atomic mass is 79.9. The molecule has 1 heterocycles. The monoisotopic (exact) mass is 501 g/mol. The minimum absolute atomic E-state index is 0.211. The first-order valence-electron chi connectivity index (χ1n) is 8.06. The Morgan fingerprint density at radius 3 is 2.70 bits per heavy atom. The standard InChI is InChI=1S/C19H14BrCl2NO2S2/c1-2-7-25-16-6-3-11(8-13(16)20)9-17-18(24)23(19(26)27-17)15-5-4-12(21)10-14(15)22/h3-6,8-10H,2,7H2,1H3/b17-9+. The van der Waals surface area contributed by atoms with Crippen molar-refractivity contribution >= 4 is 85.1 Å². The Morgan fingerprint density at radius 1 is 1.26 bits per heavy atom. The average molecular weight is 503 g/mol. The van der Waals surface area contributed by atoms with E-state index in [4.69, 9.17) is 40.2 Å². The number of rotatable bonds is 5. The molecule has 8 heteroatoms. The maximum absolute atomic E-state index is 12.9. The summed E-state index contributed by atoms with van der Waals surface area (Å²) in [6.07, 6.45) is 2.74. The number of anilines is 1. The van der Waals surface area contributed by atoms with E-state index < -0.39 is 0 Å². The molecule has 0 aliphatic carbocycles. The Hall–Kier alpha value is -1.05. The lowest BCUT2D eigenvalue weighted by atomic mass is 10.2. The number of nitrogens with zero attached hydrogens (tertiary/aromatic N) is 1. The quantitative estimate of drug-likeness (QED) is 0.326. The number of ether oxygens (including phenoxy) is 1. The molecular formula is C19H14BrCl2NO2S2. The van der Waals surface area contributed by atoms with Crippen LogP contribution < -0.4 is 9.64 Å². The molecule has 0 radical (unpaired) electrons. The van der Waals surface area contributed by atoms with Crippen LogP contribution >= 0.6 is 63.1 Å². The first kappa shape index (κ1) is 20.7. The van der Waals surface area contributed by atoms with Crippen molar-refractivity contribution in [2.24, 2.45) is 0 Å². The van der Waals surface area contributed by atoms with Crippen LogP contribution in [0.3, 0.4) is 0 Å². The van der Waals surface area contributed by atoms with Gasteiger partial charge in [0.25, 0.3) is 5.91 Å². The number of benzene rings is 2. The van der Waals surface area contributed by atoms with Crippen LogP contribution in [0.25, 0.3) is 6.08 Å². The van der Waals surface area contributed by atoms with Gasteiger partial charge in [0.05, 0.1) is 26.7 Å². The Bertz CT molecular complexity index is 949. The van der Waals surface area contributed by atoms with Crippen molar-refractivity contribution in [3.05, 3.63) is 61.4 Å². The predicted molar refractivity (Wildman–Crippen MR) is 122 cm³/mol. The van der Waals surface area contributed by atoms with E-state index in [0.717, 1.165) is 22.2 Å². The van der Waals surface area contributed by atoms with Crippen LogP contribution in [-0.4, -0.2) is 16.8 Å². The Balaban J connectivity index is 1.87. The second kappa shape index (κ2) is 8.97. The summed E-state index contributed by atoms with van der Waals surface area (Å²) >= 11 is 22.3. The van der Waals surface area contributed by atoms with Gasteiger partial charge in [-0.15, -0.1) is 0 Å². The molecule has 0 spiro atoms. The zero-order valence-electron chi connectivity index (χ0n) is 14.2. The third kappa shape index (κ3) is 4.69. The normalized spacial score (nSPS) is 15.7. The largest absolute Gasteiger partial charge is 0.492 e. The SMILES string of the molecule is CCCOc1ccc(/C=C2/SC(=S)N(c3ccc(Cl)cc3Cl)C2=O)cc1Br. The van der Waals surface area contributed by atoms with Crippen molar-refractivity contribution < 1.29 is 9.53 Å². The maximum atomic E-state index is 12.9. The van der Waals surface area contributed by atoms with Gasteiger partial charge in [-0.2, -0.15) is 0 Å². The Morgan fingerprint density at radius 2 is 2.04 bits per heavy atom. The van der Waals surface area contributed by atoms with Gasteiger partial charge in [0, 0.05) is 5.02 Å². The van der Waals surface area contributed by atoms with Crippen LogP contribution in [0.4, 0.5) is 5.69 Å². The summed E-state index contributed by atoms with van der Waals surface area (Å²) in [7, 11) is 0. The topological polar surface area (TPSA) is 29.5 Å². The van der Waals surface area contributed by atoms with Gasteiger partial charge in [0.15, 0.2) is 4.32 Å². The lowest BCUT2D eigenvalue weighted by molar-refractivity contribution is -0.113. The summed E-state index contributed by atoms with van der Waals surface area (Å²) in [6.45, 7) is 2.70. The van der Waals surface area contributed by atoms with Gasteiger partial charge in [-0.3, -0.25) is 9.69 Å². The minimum atomic E-state index is -0.211. The van der Waals surface area contributed by atoms with Gasteiger partial charge in [0.1, 0.15) is 5.75 Å². The first-order chi connectivity index (χ1) is 12.9. The third-order valence-electron chi connectivity index (χ3n) is 3.66. The molecule has 0 N–H and O–H groups in total. The highest BCUT2D eigenvalue weighted by molar-refractivity contribution is 9.10. The van der Waals surface area contributed by atoms with Crippen molar-refractivity contribution in [3.8, 4) is 5.75 Å². The molecule has 1 fully saturated rings. The average Bonchev–Trinajstić information content (AvgIpc) is 2.88. The van der Waals surface area contributed by atoms with Crippen LogP contribution in [0.2, 0.25) is 10.0 Å². The van der Waals surface area contributed by atoms with Gasteiger partial charge in [0.2, 0.25) is 0 Å². The molecule has 3 nitrogen and oxygen atoms in total. The molecule has 2 aromatic carbocycles. The van der Waals surface area contributed by atoms with Gasteiger partial charge >= 0.3 is 0 Å². The van der Waals surface area contributed by atoms with Crippen LogP contribution in [0.15, 0.2) is 45.8 Å². The highest BCUT2D eigenvalue weighted by Gasteiger charge is 2.34. The number of thioether (sulfide) groups is 1. The molecule has 1 aliphatic rings. The van der Waals surface area contributed by atoms with Crippen molar-refractivity contribution in [2.75, 3.05) is 11.5 Å². The number of carbonyl (C=O) groups excluding carboxylic acids is 1. The van der Waals surface area contributed by atoms with Crippen LogP contribution in [0.1, 0.15) is 18.9 Å². The van der Waals surface area contributed by atoms with E-state index in [2.05, 4.69) is 22.9 Å². The van der Waals surface area contributed by atoms with Crippen molar-refractivity contribution in [2.45, 2.75) is 13.3 Å². The summed E-state index contributed by atoms with van der Waals surface area (Å²) in [5.74, 6) is 0.561. The second-order valence-electron chi connectivity index (χ2n) is 5.65. The Kier molecular flexibility index (Phi) is 6.87. The lowest BCUT2D eigenvalue weighted by Gasteiger charge is -2.16. The van der Waals surface area contributed by atoms with E-state index in [1.54, 1.807) is 24.3 Å². The zero-order valence-corrected chi connectivity index (χ0v) is 18.9. The molecule has 1 amide bonds. The molecule has 0 unspecified atom stereocenters. The van der Waals surface area contributed by atoms with Gasteiger partial charge in [-0.25, -0.2) is 0 Å². The number of thiocarbonyl (C=S) groups is 1. The summed E-state index contributed by atoms with van der Waals surface area (Å²) in [5.41, 5.74) is 1.39. The summed E-state index contributed by atoms with van der Waals surface area (Å²) in [4.78, 5) is 14.8. The van der Waals surface area contributed by atoms with E-state index in [0.29, 0.717) is 31.6 Å². The molecule has 1 saturated heterocycles. The van der Waals surface area contributed by atoms with Crippen LogP contribution in [0.5, 0.6) is 5.75 Å². The van der Waals surface area contributed by atoms with E-state index in [1.807, 2.05) is 18.2 Å². The molecule has 0 aromatic heterocycles. The van der Waals surface area contributed by atoms with Crippen molar-refractivity contribution in [1.29, 1.82) is 0 Å². The second-order valence-corrected chi connectivity index (χ2v) is 9.02. The fourth-order valence-corrected chi connectivity index (χ4v) is 4.71. The Labute approximate surface area is 185 Å². The molecule has 0 bridgehead atoms.